The third-order valence-corrected chi connectivity index (χ3v) is 6.56. The van der Waals surface area contributed by atoms with Crippen LogP contribution in [0.25, 0.3) is 0 Å². The van der Waals surface area contributed by atoms with Crippen LogP contribution in [0.15, 0.2) is 36.4 Å². The SMILES string of the molecule is COc1ccccc1CC1CCCN1CC(=O)N1CCc2cc(OC)c(OC)cc2C1. The van der Waals surface area contributed by atoms with Gasteiger partial charge in [-0.05, 0) is 67.1 Å². The number of nitrogens with zero attached hydrogens (tertiary/aromatic N) is 2. The summed E-state index contributed by atoms with van der Waals surface area (Å²) < 4.78 is 16.4. The molecule has 0 saturated carbocycles. The molecule has 0 aromatic heterocycles. The third kappa shape index (κ3) is 4.64. The molecule has 0 radical (unpaired) electrons. The van der Waals surface area contributed by atoms with Gasteiger partial charge in [0.1, 0.15) is 5.75 Å². The van der Waals surface area contributed by atoms with Gasteiger partial charge in [0.15, 0.2) is 11.5 Å². The minimum atomic E-state index is 0.201. The Bertz CT molecular complexity index is 930. The molecule has 2 heterocycles. The molecule has 2 aromatic carbocycles. The Labute approximate surface area is 184 Å². The highest BCUT2D eigenvalue weighted by molar-refractivity contribution is 5.78. The zero-order valence-corrected chi connectivity index (χ0v) is 18.7. The van der Waals surface area contributed by atoms with Gasteiger partial charge in [0.2, 0.25) is 5.91 Å². The van der Waals surface area contributed by atoms with Gasteiger partial charge in [-0.2, -0.15) is 0 Å². The van der Waals surface area contributed by atoms with E-state index in [9.17, 15) is 4.79 Å². The van der Waals surface area contributed by atoms with Crippen LogP contribution >= 0.6 is 0 Å². The lowest BCUT2D eigenvalue weighted by atomic mass is 9.98. The molecule has 1 atom stereocenters. The monoisotopic (exact) mass is 424 g/mol. The highest BCUT2D eigenvalue weighted by atomic mass is 16.5. The Morgan fingerprint density at radius 2 is 1.68 bits per heavy atom. The van der Waals surface area contributed by atoms with Crippen LogP contribution in [0.4, 0.5) is 0 Å². The Hall–Kier alpha value is -2.73. The maximum atomic E-state index is 13.2. The fourth-order valence-electron chi connectivity index (χ4n) is 4.83. The van der Waals surface area contributed by atoms with Crippen LogP contribution in [0.2, 0.25) is 0 Å². The van der Waals surface area contributed by atoms with E-state index in [2.05, 4.69) is 17.0 Å². The summed E-state index contributed by atoms with van der Waals surface area (Å²) in [5, 5.41) is 0. The number of rotatable bonds is 7. The second kappa shape index (κ2) is 9.60. The zero-order chi connectivity index (χ0) is 21.8. The first kappa shape index (κ1) is 21.5. The van der Waals surface area contributed by atoms with Gasteiger partial charge in [0, 0.05) is 19.1 Å². The molecule has 1 amide bonds. The lowest BCUT2D eigenvalue weighted by Gasteiger charge is -2.32. The molecule has 6 nitrogen and oxygen atoms in total. The molecular formula is C25H32N2O4. The van der Waals surface area contributed by atoms with Gasteiger partial charge in [-0.3, -0.25) is 9.69 Å². The number of benzene rings is 2. The van der Waals surface area contributed by atoms with Crippen LogP contribution in [0, 0.1) is 0 Å². The van der Waals surface area contributed by atoms with Crippen molar-refractivity contribution in [1.29, 1.82) is 0 Å². The van der Waals surface area contributed by atoms with E-state index in [0.717, 1.165) is 55.8 Å². The smallest absolute Gasteiger partial charge is 0.237 e. The zero-order valence-electron chi connectivity index (χ0n) is 18.7. The molecule has 0 spiro atoms. The van der Waals surface area contributed by atoms with Crippen LogP contribution < -0.4 is 14.2 Å². The number of fused-ring (bicyclic) bond motifs is 1. The highest BCUT2D eigenvalue weighted by Gasteiger charge is 2.30. The molecule has 2 aromatic rings. The van der Waals surface area contributed by atoms with Crippen molar-refractivity contribution in [2.24, 2.45) is 0 Å². The first-order chi connectivity index (χ1) is 15.1. The molecule has 1 saturated heterocycles. The lowest BCUT2D eigenvalue weighted by Crippen LogP contribution is -2.44. The molecule has 1 unspecified atom stereocenters. The normalized spacial score (nSPS) is 18.5. The van der Waals surface area contributed by atoms with E-state index in [1.54, 1.807) is 21.3 Å². The maximum Gasteiger partial charge on any atom is 0.237 e. The number of para-hydroxylation sites is 1. The number of hydrogen-bond acceptors (Lipinski definition) is 5. The molecular weight excluding hydrogens is 392 g/mol. The fraction of sp³-hybridized carbons (Fsp3) is 0.480. The summed E-state index contributed by atoms with van der Waals surface area (Å²) in [6, 6.07) is 12.6. The van der Waals surface area contributed by atoms with Gasteiger partial charge < -0.3 is 19.1 Å². The van der Waals surface area contributed by atoms with E-state index in [4.69, 9.17) is 14.2 Å². The summed E-state index contributed by atoms with van der Waals surface area (Å²) in [6.07, 6.45) is 4.00. The summed E-state index contributed by atoms with van der Waals surface area (Å²) in [5.41, 5.74) is 3.59. The second-order valence-corrected chi connectivity index (χ2v) is 8.32. The van der Waals surface area contributed by atoms with Crippen molar-refractivity contribution in [3.63, 3.8) is 0 Å². The minimum absolute atomic E-state index is 0.201. The quantitative estimate of drug-likeness (QED) is 0.683. The Morgan fingerprint density at radius 1 is 0.968 bits per heavy atom. The van der Waals surface area contributed by atoms with Crippen molar-refractivity contribution in [3.8, 4) is 17.2 Å². The first-order valence-electron chi connectivity index (χ1n) is 11.0. The second-order valence-electron chi connectivity index (χ2n) is 8.32. The molecule has 0 aliphatic carbocycles. The number of carbonyl (C=O) groups excluding carboxylic acids is 1. The lowest BCUT2D eigenvalue weighted by molar-refractivity contribution is -0.133. The number of hydrogen-bond donors (Lipinski definition) is 0. The van der Waals surface area contributed by atoms with Crippen molar-refractivity contribution in [2.45, 2.75) is 38.3 Å². The van der Waals surface area contributed by atoms with Crippen LogP contribution in [0.3, 0.4) is 0 Å². The van der Waals surface area contributed by atoms with E-state index in [0.29, 0.717) is 24.9 Å². The molecule has 2 aliphatic rings. The van der Waals surface area contributed by atoms with Gasteiger partial charge in [0.25, 0.3) is 0 Å². The molecule has 6 heteroatoms. The molecule has 4 rings (SSSR count). The Balaban J connectivity index is 1.41. The van der Waals surface area contributed by atoms with Crippen LogP contribution in [-0.4, -0.2) is 62.7 Å². The maximum absolute atomic E-state index is 13.2. The van der Waals surface area contributed by atoms with Gasteiger partial charge in [-0.1, -0.05) is 18.2 Å². The van der Waals surface area contributed by atoms with Crippen molar-refractivity contribution in [3.05, 3.63) is 53.1 Å². The van der Waals surface area contributed by atoms with E-state index in [-0.39, 0.29) is 5.91 Å². The predicted molar refractivity (Wildman–Crippen MR) is 120 cm³/mol. The van der Waals surface area contributed by atoms with Crippen molar-refractivity contribution in [2.75, 3.05) is 41.0 Å². The molecule has 166 valence electrons. The number of ether oxygens (including phenoxy) is 3. The van der Waals surface area contributed by atoms with Crippen LogP contribution in [-0.2, 0) is 24.2 Å². The van der Waals surface area contributed by atoms with E-state index >= 15 is 0 Å². The average Bonchev–Trinajstić information content (AvgIpc) is 3.24. The topological polar surface area (TPSA) is 51.2 Å². The first-order valence-corrected chi connectivity index (χ1v) is 11.0. The van der Waals surface area contributed by atoms with Gasteiger partial charge in [-0.25, -0.2) is 0 Å². The Morgan fingerprint density at radius 3 is 2.42 bits per heavy atom. The molecule has 31 heavy (non-hydrogen) atoms. The predicted octanol–water partition coefficient (Wildman–Crippen LogP) is 3.30. The molecule has 2 aliphatic heterocycles. The Kier molecular flexibility index (Phi) is 6.66. The van der Waals surface area contributed by atoms with Gasteiger partial charge in [-0.15, -0.1) is 0 Å². The van der Waals surface area contributed by atoms with Gasteiger partial charge >= 0.3 is 0 Å². The number of methoxy groups -OCH3 is 3. The minimum Gasteiger partial charge on any atom is -0.496 e. The highest BCUT2D eigenvalue weighted by Crippen LogP contribution is 2.33. The van der Waals surface area contributed by atoms with E-state index in [1.165, 1.54) is 11.1 Å². The van der Waals surface area contributed by atoms with Crippen LogP contribution in [0.1, 0.15) is 29.5 Å². The van der Waals surface area contributed by atoms with Crippen molar-refractivity contribution < 1.29 is 19.0 Å². The summed E-state index contributed by atoms with van der Waals surface area (Å²) >= 11 is 0. The van der Waals surface area contributed by atoms with Crippen LogP contribution in [0.5, 0.6) is 17.2 Å². The molecule has 0 bridgehead atoms. The number of likely N-dealkylation sites (tertiary alicyclic amines) is 1. The summed E-state index contributed by atoms with van der Waals surface area (Å²) in [5.74, 6) is 2.59. The standard InChI is InChI=1S/C25H32N2O4/c1-29-22-9-5-4-7-19(22)13-21-8-6-11-26(21)17-25(28)27-12-10-18-14-23(30-2)24(31-3)15-20(18)16-27/h4-5,7,9,14-15,21H,6,8,10-13,16-17H2,1-3H3. The number of amides is 1. The van der Waals surface area contributed by atoms with E-state index in [1.807, 2.05) is 29.2 Å². The van der Waals surface area contributed by atoms with Crippen molar-refractivity contribution >= 4 is 5.91 Å². The van der Waals surface area contributed by atoms with E-state index < -0.39 is 0 Å². The average molecular weight is 425 g/mol. The fourth-order valence-corrected chi connectivity index (χ4v) is 4.83. The number of carbonyl (C=O) groups is 1. The summed E-state index contributed by atoms with van der Waals surface area (Å²) in [4.78, 5) is 17.5. The molecule has 0 N–H and O–H groups in total. The summed E-state index contributed by atoms with van der Waals surface area (Å²) in [7, 11) is 5.01. The largest absolute Gasteiger partial charge is 0.496 e. The summed E-state index contributed by atoms with van der Waals surface area (Å²) in [6.45, 7) is 2.81. The van der Waals surface area contributed by atoms with Gasteiger partial charge in [0.05, 0.1) is 27.9 Å². The van der Waals surface area contributed by atoms with Crippen molar-refractivity contribution in [1.82, 2.24) is 9.80 Å². The third-order valence-electron chi connectivity index (χ3n) is 6.56. The molecule has 1 fully saturated rings.